The largest absolute Gasteiger partial charge is 0.381 e. The van der Waals surface area contributed by atoms with Crippen LogP contribution < -0.4 is 5.73 Å². The Labute approximate surface area is 90.7 Å². The predicted octanol–water partition coefficient (Wildman–Crippen LogP) is 1.82. The highest BCUT2D eigenvalue weighted by Gasteiger charge is 2.22. The Bertz CT molecular complexity index is 321. The van der Waals surface area contributed by atoms with E-state index in [1.165, 1.54) is 5.56 Å². The van der Waals surface area contributed by atoms with Gasteiger partial charge in [-0.05, 0) is 36.8 Å². The summed E-state index contributed by atoms with van der Waals surface area (Å²) in [5.41, 5.74) is 8.57. The van der Waals surface area contributed by atoms with Crippen molar-refractivity contribution >= 4 is 0 Å². The third kappa shape index (κ3) is 2.55. The maximum atomic E-state index is 6.24. The van der Waals surface area contributed by atoms with Crippen LogP contribution in [0.1, 0.15) is 30.0 Å². The van der Waals surface area contributed by atoms with Crippen LogP contribution in [0, 0.1) is 12.8 Å². The van der Waals surface area contributed by atoms with Crippen molar-refractivity contribution in [3.05, 3.63) is 29.6 Å². The van der Waals surface area contributed by atoms with Crippen LogP contribution in [0.4, 0.5) is 0 Å². The second-order valence-electron chi connectivity index (χ2n) is 4.27. The number of nitrogens with zero attached hydrogens (tertiary/aromatic N) is 1. The fraction of sp³-hybridized carbons (Fsp3) is 0.583. The van der Waals surface area contributed by atoms with Crippen molar-refractivity contribution in [2.75, 3.05) is 13.2 Å². The molecule has 0 amide bonds. The first-order valence-electron chi connectivity index (χ1n) is 5.52. The van der Waals surface area contributed by atoms with Crippen molar-refractivity contribution in [3.8, 4) is 0 Å². The Kier molecular flexibility index (Phi) is 3.34. The van der Waals surface area contributed by atoms with Gasteiger partial charge in [-0.15, -0.1) is 0 Å². The van der Waals surface area contributed by atoms with Crippen molar-refractivity contribution in [2.45, 2.75) is 25.8 Å². The minimum absolute atomic E-state index is 0.112. The fourth-order valence-corrected chi connectivity index (χ4v) is 2.11. The molecule has 2 N–H and O–H groups in total. The van der Waals surface area contributed by atoms with E-state index < -0.39 is 0 Å². The van der Waals surface area contributed by atoms with E-state index >= 15 is 0 Å². The Balaban J connectivity index is 2.08. The fourth-order valence-electron chi connectivity index (χ4n) is 2.11. The summed E-state index contributed by atoms with van der Waals surface area (Å²) in [5, 5.41) is 0. The van der Waals surface area contributed by atoms with E-state index in [4.69, 9.17) is 10.5 Å². The van der Waals surface area contributed by atoms with Gasteiger partial charge < -0.3 is 10.5 Å². The molecule has 0 aliphatic carbocycles. The third-order valence-electron chi connectivity index (χ3n) is 3.05. The van der Waals surface area contributed by atoms with Crippen molar-refractivity contribution in [1.29, 1.82) is 0 Å². The third-order valence-corrected chi connectivity index (χ3v) is 3.05. The van der Waals surface area contributed by atoms with E-state index in [0.29, 0.717) is 5.92 Å². The number of pyridine rings is 1. The van der Waals surface area contributed by atoms with Gasteiger partial charge in [-0.1, -0.05) is 6.07 Å². The molecule has 3 nitrogen and oxygen atoms in total. The van der Waals surface area contributed by atoms with Gasteiger partial charge in [0.05, 0.1) is 0 Å². The summed E-state index contributed by atoms with van der Waals surface area (Å²) >= 11 is 0. The van der Waals surface area contributed by atoms with Crippen LogP contribution in [-0.4, -0.2) is 18.2 Å². The number of nitrogens with two attached hydrogens (primary N) is 1. The van der Waals surface area contributed by atoms with Crippen molar-refractivity contribution in [1.82, 2.24) is 4.98 Å². The molecule has 1 aromatic rings. The number of aryl methyl sites for hydroxylation is 1. The molecule has 0 radical (unpaired) electrons. The standard InChI is InChI=1S/C12H18N2O/c1-9-6-11(8-14-7-9)12(13)10-2-4-15-5-3-10/h6-8,10,12H,2-5,13H2,1H3. The van der Waals surface area contributed by atoms with Crippen molar-refractivity contribution in [2.24, 2.45) is 11.7 Å². The van der Waals surface area contributed by atoms with E-state index in [2.05, 4.69) is 11.1 Å². The van der Waals surface area contributed by atoms with Gasteiger partial charge in [0, 0.05) is 31.6 Å². The van der Waals surface area contributed by atoms with Crippen LogP contribution in [0.3, 0.4) is 0 Å². The van der Waals surface area contributed by atoms with Crippen LogP contribution in [0.2, 0.25) is 0 Å². The lowest BCUT2D eigenvalue weighted by molar-refractivity contribution is 0.0583. The van der Waals surface area contributed by atoms with Gasteiger partial charge in [0.2, 0.25) is 0 Å². The monoisotopic (exact) mass is 206 g/mol. The summed E-state index contributed by atoms with van der Waals surface area (Å²) in [4.78, 5) is 4.19. The maximum absolute atomic E-state index is 6.24. The molecular weight excluding hydrogens is 188 g/mol. The second kappa shape index (κ2) is 4.73. The molecule has 0 aromatic carbocycles. The zero-order valence-corrected chi connectivity index (χ0v) is 9.15. The van der Waals surface area contributed by atoms with E-state index in [-0.39, 0.29) is 6.04 Å². The summed E-state index contributed by atoms with van der Waals surface area (Å²) < 4.78 is 5.34. The zero-order chi connectivity index (χ0) is 10.7. The van der Waals surface area contributed by atoms with Gasteiger partial charge in [0.15, 0.2) is 0 Å². The van der Waals surface area contributed by atoms with Crippen LogP contribution >= 0.6 is 0 Å². The lowest BCUT2D eigenvalue weighted by atomic mass is 9.88. The average Bonchev–Trinajstić information content (AvgIpc) is 2.29. The number of hydrogen-bond acceptors (Lipinski definition) is 3. The first kappa shape index (κ1) is 10.6. The molecule has 0 saturated carbocycles. The Morgan fingerprint density at radius 3 is 2.80 bits per heavy atom. The minimum Gasteiger partial charge on any atom is -0.381 e. The molecule has 0 spiro atoms. The van der Waals surface area contributed by atoms with Crippen LogP contribution in [0.5, 0.6) is 0 Å². The first-order valence-corrected chi connectivity index (χ1v) is 5.52. The molecule has 15 heavy (non-hydrogen) atoms. The van der Waals surface area contributed by atoms with Gasteiger partial charge in [-0.2, -0.15) is 0 Å². The highest BCUT2D eigenvalue weighted by Crippen LogP contribution is 2.27. The molecule has 1 aliphatic rings. The van der Waals surface area contributed by atoms with Gasteiger partial charge >= 0.3 is 0 Å². The second-order valence-corrected chi connectivity index (χ2v) is 4.27. The van der Waals surface area contributed by atoms with Crippen LogP contribution in [0.25, 0.3) is 0 Å². The molecule has 2 heterocycles. The molecule has 3 heteroatoms. The quantitative estimate of drug-likeness (QED) is 0.803. The number of rotatable bonds is 2. The van der Waals surface area contributed by atoms with Gasteiger partial charge in [0.25, 0.3) is 0 Å². The van der Waals surface area contributed by atoms with E-state index in [9.17, 15) is 0 Å². The molecule has 1 aliphatic heterocycles. The maximum Gasteiger partial charge on any atom is 0.0469 e. The summed E-state index contributed by atoms with van der Waals surface area (Å²) in [6, 6.07) is 2.24. The van der Waals surface area contributed by atoms with E-state index in [1.807, 2.05) is 19.3 Å². The molecular formula is C12H18N2O. The highest BCUT2D eigenvalue weighted by molar-refractivity contribution is 5.20. The highest BCUT2D eigenvalue weighted by atomic mass is 16.5. The predicted molar refractivity (Wildman–Crippen MR) is 59.4 cm³/mol. The molecule has 0 bridgehead atoms. The zero-order valence-electron chi connectivity index (χ0n) is 9.15. The van der Waals surface area contributed by atoms with Crippen LogP contribution in [0.15, 0.2) is 18.5 Å². The first-order chi connectivity index (χ1) is 7.27. The molecule has 1 fully saturated rings. The van der Waals surface area contributed by atoms with Crippen molar-refractivity contribution < 1.29 is 4.74 Å². The average molecular weight is 206 g/mol. The van der Waals surface area contributed by atoms with Crippen molar-refractivity contribution in [3.63, 3.8) is 0 Å². The normalized spacial score (nSPS) is 20.1. The minimum atomic E-state index is 0.112. The Morgan fingerprint density at radius 2 is 2.13 bits per heavy atom. The van der Waals surface area contributed by atoms with Crippen LogP contribution in [-0.2, 0) is 4.74 Å². The topological polar surface area (TPSA) is 48.1 Å². The molecule has 1 unspecified atom stereocenters. The summed E-state index contributed by atoms with van der Waals surface area (Å²) in [6.45, 7) is 3.74. The van der Waals surface area contributed by atoms with Gasteiger partial charge in [-0.3, -0.25) is 4.98 Å². The lowest BCUT2D eigenvalue weighted by Gasteiger charge is -2.27. The smallest absolute Gasteiger partial charge is 0.0469 e. The van der Waals surface area contributed by atoms with Gasteiger partial charge in [-0.25, -0.2) is 0 Å². The molecule has 1 saturated heterocycles. The molecule has 1 aromatic heterocycles. The number of ether oxygens (including phenoxy) is 1. The lowest BCUT2D eigenvalue weighted by Crippen LogP contribution is -2.27. The van der Waals surface area contributed by atoms with E-state index in [0.717, 1.165) is 31.6 Å². The van der Waals surface area contributed by atoms with Gasteiger partial charge in [0.1, 0.15) is 0 Å². The Morgan fingerprint density at radius 1 is 1.40 bits per heavy atom. The number of aromatic nitrogens is 1. The Hall–Kier alpha value is -0.930. The summed E-state index contributed by atoms with van der Waals surface area (Å²) in [6.07, 6.45) is 5.87. The van der Waals surface area contributed by atoms with E-state index in [1.54, 1.807) is 0 Å². The molecule has 2 rings (SSSR count). The molecule has 82 valence electrons. The summed E-state index contributed by atoms with van der Waals surface area (Å²) in [5.74, 6) is 0.544. The molecule has 1 atom stereocenters. The summed E-state index contributed by atoms with van der Waals surface area (Å²) in [7, 11) is 0. The number of hydrogen-bond donors (Lipinski definition) is 1. The SMILES string of the molecule is Cc1cncc(C(N)C2CCOCC2)c1.